The molecule has 1 heterocycles. The van der Waals surface area contributed by atoms with Gasteiger partial charge in [-0.15, -0.1) is 0 Å². The summed E-state index contributed by atoms with van der Waals surface area (Å²) >= 11 is 0. The van der Waals surface area contributed by atoms with Gasteiger partial charge < -0.3 is 9.88 Å². The Labute approximate surface area is 124 Å². The molecule has 0 radical (unpaired) electrons. The molecule has 0 spiro atoms. The van der Waals surface area contributed by atoms with E-state index in [1.165, 1.54) is 30.0 Å². The molecule has 1 aromatic heterocycles. The third kappa shape index (κ3) is 2.70. The molecular formula is C17H18FN3. The summed E-state index contributed by atoms with van der Waals surface area (Å²) in [6.07, 6.45) is 7.84. The predicted molar refractivity (Wildman–Crippen MR) is 79.4 cm³/mol. The van der Waals surface area contributed by atoms with Crippen LogP contribution in [0.3, 0.4) is 0 Å². The number of fused-ring (bicyclic) bond motifs is 1. The van der Waals surface area contributed by atoms with Crippen LogP contribution in [-0.4, -0.2) is 11.6 Å². The maximum atomic E-state index is 13.4. The van der Waals surface area contributed by atoms with Crippen molar-refractivity contribution in [2.75, 3.05) is 7.05 Å². The molecule has 0 fully saturated rings. The van der Waals surface area contributed by atoms with Gasteiger partial charge in [0, 0.05) is 25.0 Å². The fraction of sp³-hybridized carbons (Fsp3) is 0.353. The minimum absolute atomic E-state index is 0.109. The van der Waals surface area contributed by atoms with Gasteiger partial charge in [0.15, 0.2) is 0 Å². The zero-order chi connectivity index (χ0) is 14.8. The molecule has 0 bridgehead atoms. The van der Waals surface area contributed by atoms with E-state index >= 15 is 0 Å². The number of benzene rings is 1. The molecule has 0 amide bonds. The van der Waals surface area contributed by atoms with Crippen LogP contribution < -0.4 is 5.32 Å². The zero-order valence-electron chi connectivity index (χ0n) is 12.1. The van der Waals surface area contributed by atoms with Crippen molar-refractivity contribution in [1.82, 2.24) is 9.88 Å². The number of nitriles is 1. The van der Waals surface area contributed by atoms with Gasteiger partial charge in [-0.3, -0.25) is 0 Å². The average Bonchev–Trinajstić information content (AvgIpc) is 2.91. The van der Waals surface area contributed by atoms with Gasteiger partial charge in [0.2, 0.25) is 0 Å². The topological polar surface area (TPSA) is 40.8 Å². The summed E-state index contributed by atoms with van der Waals surface area (Å²) in [4.78, 5) is 0. The van der Waals surface area contributed by atoms with Crippen molar-refractivity contribution in [3.8, 4) is 6.07 Å². The Hall–Kier alpha value is -2.12. The molecule has 1 unspecified atom stereocenters. The van der Waals surface area contributed by atoms with Crippen molar-refractivity contribution in [2.45, 2.75) is 31.8 Å². The van der Waals surface area contributed by atoms with Gasteiger partial charge in [-0.2, -0.15) is 5.26 Å². The maximum absolute atomic E-state index is 13.4. The molecule has 1 aliphatic carbocycles. The molecular weight excluding hydrogens is 265 g/mol. The molecule has 21 heavy (non-hydrogen) atoms. The normalized spacial score (nSPS) is 17.3. The molecule has 1 N–H and O–H groups in total. The first kappa shape index (κ1) is 13.8. The summed E-state index contributed by atoms with van der Waals surface area (Å²) in [5.41, 5.74) is 3.81. The second-order valence-corrected chi connectivity index (χ2v) is 5.57. The van der Waals surface area contributed by atoms with Crippen molar-refractivity contribution in [3.05, 3.63) is 58.7 Å². The summed E-state index contributed by atoms with van der Waals surface area (Å²) in [6.45, 7) is 0.665. The molecule has 3 nitrogen and oxygen atoms in total. The number of aromatic nitrogens is 1. The van der Waals surface area contributed by atoms with Crippen LogP contribution in [0.4, 0.5) is 4.39 Å². The van der Waals surface area contributed by atoms with Crippen molar-refractivity contribution < 1.29 is 4.39 Å². The van der Waals surface area contributed by atoms with Gasteiger partial charge in [0.1, 0.15) is 11.9 Å². The Morgan fingerprint density at radius 2 is 2.29 bits per heavy atom. The van der Waals surface area contributed by atoms with E-state index < -0.39 is 5.82 Å². The number of aryl methyl sites for hydroxylation is 1. The Balaban J connectivity index is 1.86. The molecule has 0 aliphatic heterocycles. The summed E-state index contributed by atoms with van der Waals surface area (Å²) in [7, 11) is 2.00. The number of rotatable bonds is 3. The Kier molecular flexibility index (Phi) is 3.76. The Bertz CT molecular complexity index is 697. The minimum Gasteiger partial charge on any atom is -0.349 e. The lowest BCUT2D eigenvalue weighted by Gasteiger charge is -2.21. The van der Waals surface area contributed by atoms with Crippen molar-refractivity contribution >= 4 is 0 Å². The van der Waals surface area contributed by atoms with Gasteiger partial charge in [-0.05, 0) is 55.1 Å². The van der Waals surface area contributed by atoms with E-state index in [1.807, 2.05) is 13.1 Å². The third-order valence-electron chi connectivity index (χ3n) is 4.18. The van der Waals surface area contributed by atoms with E-state index in [0.717, 1.165) is 12.0 Å². The summed E-state index contributed by atoms with van der Waals surface area (Å²) in [5, 5.41) is 12.3. The van der Waals surface area contributed by atoms with E-state index in [1.54, 1.807) is 12.1 Å². The zero-order valence-corrected chi connectivity index (χ0v) is 12.1. The summed E-state index contributed by atoms with van der Waals surface area (Å²) in [5.74, 6) is -0.455. The first-order valence-electron chi connectivity index (χ1n) is 7.25. The quantitative estimate of drug-likeness (QED) is 0.940. The Morgan fingerprint density at radius 3 is 3.05 bits per heavy atom. The monoisotopic (exact) mass is 283 g/mol. The lowest BCUT2D eigenvalue weighted by atomic mass is 9.91. The van der Waals surface area contributed by atoms with Crippen LogP contribution in [0.15, 0.2) is 30.6 Å². The lowest BCUT2D eigenvalue weighted by Crippen LogP contribution is -2.20. The fourth-order valence-corrected chi connectivity index (χ4v) is 3.11. The highest BCUT2D eigenvalue weighted by Crippen LogP contribution is 2.30. The molecule has 1 aromatic carbocycles. The predicted octanol–water partition coefficient (Wildman–Crippen LogP) is 3.14. The summed E-state index contributed by atoms with van der Waals surface area (Å²) in [6, 6.07) is 7.06. The van der Waals surface area contributed by atoms with E-state index in [-0.39, 0.29) is 5.56 Å². The van der Waals surface area contributed by atoms with Crippen molar-refractivity contribution in [2.24, 2.45) is 0 Å². The molecule has 4 heteroatoms. The van der Waals surface area contributed by atoms with Crippen LogP contribution >= 0.6 is 0 Å². The minimum atomic E-state index is -0.455. The van der Waals surface area contributed by atoms with Gasteiger partial charge >= 0.3 is 0 Å². The smallest absolute Gasteiger partial charge is 0.140 e. The Morgan fingerprint density at radius 1 is 1.43 bits per heavy atom. The number of nitrogens with zero attached hydrogens (tertiary/aromatic N) is 2. The van der Waals surface area contributed by atoms with Gasteiger partial charge in [-0.25, -0.2) is 4.39 Å². The van der Waals surface area contributed by atoms with Crippen LogP contribution in [0.5, 0.6) is 0 Å². The van der Waals surface area contributed by atoms with Crippen LogP contribution in [-0.2, 0) is 13.0 Å². The van der Waals surface area contributed by atoms with Crippen molar-refractivity contribution in [1.29, 1.82) is 5.26 Å². The fourth-order valence-electron chi connectivity index (χ4n) is 3.11. The molecule has 3 rings (SSSR count). The van der Waals surface area contributed by atoms with Crippen LogP contribution in [0.2, 0.25) is 0 Å². The molecule has 108 valence electrons. The largest absolute Gasteiger partial charge is 0.349 e. The molecule has 0 saturated carbocycles. The van der Waals surface area contributed by atoms with E-state index in [4.69, 9.17) is 5.26 Å². The highest BCUT2D eigenvalue weighted by molar-refractivity contribution is 5.35. The van der Waals surface area contributed by atoms with E-state index in [9.17, 15) is 4.39 Å². The number of nitrogens with one attached hydrogen (secondary N) is 1. The van der Waals surface area contributed by atoms with E-state index in [0.29, 0.717) is 12.6 Å². The van der Waals surface area contributed by atoms with Crippen molar-refractivity contribution in [3.63, 3.8) is 0 Å². The highest BCUT2D eigenvalue weighted by Gasteiger charge is 2.20. The van der Waals surface area contributed by atoms with Gasteiger partial charge in [0.25, 0.3) is 0 Å². The van der Waals surface area contributed by atoms with Crippen LogP contribution in [0.25, 0.3) is 0 Å². The number of halogens is 1. The van der Waals surface area contributed by atoms with Crippen LogP contribution in [0.1, 0.15) is 41.1 Å². The first-order valence-corrected chi connectivity index (χ1v) is 7.25. The van der Waals surface area contributed by atoms with Crippen LogP contribution in [0, 0.1) is 17.1 Å². The number of hydrogen-bond donors (Lipinski definition) is 1. The van der Waals surface area contributed by atoms with Gasteiger partial charge in [0.05, 0.1) is 5.56 Å². The second-order valence-electron chi connectivity index (χ2n) is 5.57. The maximum Gasteiger partial charge on any atom is 0.140 e. The average molecular weight is 283 g/mol. The number of hydrogen-bond acceptors (Lipinski definition) is 2. The van der Waals surface area contributed by atoms with Gasteiger partial charge in [-0.1, -0.05) is 6.07 Å². The molecule has 0 saturated heterocycles. The second kappa shape index (κ2) is 5.71. The summed E-state index contributed by atoms with van der Waals surface area (Å²) < 4.78 is 15.5. The lowest BCUT2D eigenvalue weighted by molar-refractivity contribution is 0.498. The molecule has 2 aromatic rings. The van der Waals surface area contributed by atoms with E-state index in [2.05, 4.69) is 22.3 Å². The molecule has 1 atom stereocenters. The third-order valence-corrected chi connectivity index (χ3v) is 4.18. The first-order chi connectivity index (χ1) is 10.2. The SMILES string of the molecule is CNC1CCCc2cn(Cc3ccc(F)c(C#N)c3)cc21. The standard InChI is InChI=1S/C17H18FN3/c1-20-17-4-2-3-13-10-21(11-15(13)17)9-12-5-6-16(18)14(7-12)8-19/h5-7,10-11,17,20H,2-4,9H2,1H3. The molecule has 1 aliphatic rings. The highest BCUT2D eigenvalue weighted by atomic mass is 19.1.